The Bertz CT molecular complexity index is 183. The molecule has 4 nitrogen and oxygen atoms in total. The van der Waals surface area contributed by atoms with Gasteiger partial charge < -0.3 is 14.7 Å². The van der Waals surface area contributed by atoms with Crippen LogP contribution in [0.3, 0.4) is 0 Å². The van der Waals surface area contributed by atoms with E-state index in [9.17, 15) is 0 Å². The van der Waals surface area contributed by atoms with E-state index in [4.69, 9.17) is 9.84 Å². The van der Waals surface area contributed by atoms with E-state index in [1.165, 1.54) is 19.6 Å². The van der Waals surface area contributed by atoms with E-state index in [2.05, 4.69) is 16.8 Å². The highest BCUT2D eigenvalue weighted by molar-refractivity contribution is 4.81. The lowest BCUT2D eigenvalue weighted by Gasteiger charge is -2.41. The smallest absolute Gasteiger partial charge is 0.0932 e. The first-order valence-corrected chi connectivity index (χ1v) is 5.41. The maximum Gasteiger partial charge on any atom is 0.0932 e. The summed E-state index contributed by atoms with van der Waals surface area (Å²) in [7, 11) is 2.16. The lowest BCUT2D eigenvalue weighted by molar-refractivity contribution is -0.0621. The third kappa shape index (κ3) is 2.45. The van der Waals surface area contributed by atoms with E-state index < -0.39 is 0 Å². The van der Waals surface area contributed by atoms with Crippen LogP contribution in [0, 0.1) is 5.92 Å². The highest BCUT2D eigenvalue weighted by atomic mass is 16.5. The van der Waals surface area contributed by atoms with Crippen LogP contribution in [0.15, 0.2) is 0 Å². The van der Waals surface area contributed by atoms with Crippen LogP contribution in [0.2, 0.25) is 0 Å². The second-order valence-electron chi connectivity index (χ2n) is 4.52. The largest absolute Gasteiger partial charge is 0.394 e. The Morgan fingerprint density at radius 2 is 2.14 bits per heavy atom. The Morgan fingerprint density at radius 3 is 2.79 bits per heavy atom. The van der Waals surface area contributed by atoms with Gasteiger partial charge in [-0.05, 0) is 13.0 Å². The molecule has 2 heterocycles. The minimum Gasteiger partial charge on any atom is -0.394 e. The predicted octanol–water partition coefficient (Wildman–Crippen LogP) is -0.759. The van der Waals surface area contributed by atoms with Crippen molar-refractivity contribution in [1.29, 1.82) is 0 Å². The van der Waals surface area contributed by atoms with Crippen LogP contribution in [-0.4, -0.2) is 74.0 Å². The molecular formula is C10H20N2O2. The lowest BCUT2D eigenvalue weighted by Crippen LogP contribution is -2.53. The number of aliphatic hydroxyl groups excluding tert-OH is 1. The van der Waals surface area contributed by atoms with E-state index in [1.54, 1.807) is 0 Å². The van der Waals surface area contributed by atoms with Gasteiger partial charge in [-0.3, -0.25) is 4.90 Å². The molecule has 0 aromatic rings. The van der Waals surface area contributed by atoms with Crippen LogP contribution in [-0.2, 0) is 4.74 Å². The number of likely N-dealkylation sites (tertiary alicyclic amines) is 1. The molecule has 2 aliphatic heterocycles. The fraction of sp³-hybridized carbons (Fsp3) is 1.00. The van der Waals surface area contributed by atoms with Gasteiger partial charge in [-0.15, -0.1) is 0 Å². The summed E-state index contributed by atoms with van der Waals surface area (Å²) in [6.45, 7) is 6.47. The molecule has 0 saturated carbocycles. The fourth-order valence-electron chi connectivity index (χ4n) is 2.37. The zero-order valence-corrected chi connectivity index (χ0v) is 8.85. The zero-order chi connectivity index (χ0) is 9.97. The molecule has 0 spiro atoms. The van der Waals surface area contributed by atoms with Gasteiger partial charge in [0.25, 0.3) is 0 Å². The molecule has 14 heavy (non-hydrogen) atoms. The van der Waals surface area contributed by atoms with Gasteiger partial charge in [0.05, 0.1) is 19.3 Å². The Balaban J connectivity index is 1.69. The summed E-state index contributed by atoms with van der Waals surface area (Å²) in [5.41, 5.74) is 0. The van der Waals surface area contributed by atoms with Crippen molar-refractivity contribution < 1.29 is 9.84 Å². The Morgan fingerprint density at radius 1 is 1.36 bits per heavy atom. The Hall–Kier alpha value is -0.160. The van der Waals surface area contributed by atoms with Gasteiger partial charge >= 0.3 is 0 Å². The van der Waals surface area contributed by atoms with Gasteiger partial charge in [-0.25, -0.2) is 0 Å². The summed E-state index contributed by atoms with van der Waals surface area (Å²) in [5.74, 6) is 0.831. The lowest BCUT2D eigenvalue weighted by atomic mass is 10.0. The minimum atomic E-state index is 0.0431. The summed E-state index contributed by atoms with van der Waals surface area (Å²) < 4.78 is 5.41. The van der Waals surface area contributed by atoms with Crippen LogP contribution in [0.25, 0.3) is 0 Å². The van der Waals surface area contributed by atoms with Crippen molar-refractivity contribution in [3.8, 4) is 0 Å². The molecule has 2 fully saturated rings. The Labute approximate surface area is 85.4 Å². The monoisotopic (exact) mass is 200 g/mol. The molecule has 2 rings (SSSR count). The average Bonchev–Trinajstić information content (AvgIpc) is 2.16. The van der Waals surface area contributed by atoms with Crippen LogP contribution in [0.5, 0.6) is 0 Å². The Kier molecular flexibility index (Phi) is 3.38. The molecule has 4 heteroatoms. The van der Waals surface area contributed by atoms with Crippen LogP contribution in [0.1, 0.15) is 0 Å². The highest BCUT2D eigenvalue weighted by Crippen LogP contribution is 2.16. The second kappa shape index (κ2) is 4.57. The van der Waals surface area contributed by atoms with Gasteiger partial charge in [-0.1, -0.05) is 0 Å². The fourth-order valence-corrected chi connectivity index (χ4v) is 2.37. The van der Waals surface area contributed by atoms with Crippen LogP contribution >= 0.6 is 0 Å². The summed E-state index contributed by atoms with van der Waals surface area (Å²) in [5, 5.41) is 9.00. The molecule has 0 bridgehead atoms. The molecule has 1 N–H and O–H groups in total. The standard InChI is InChI=1S/C10H20N2O2/c1-11-4-9(5-11)6-12-2-3-14-10(7-12)8-13/h9-10,13H,2-8H2,1H3. The number of aliphatic hydroxyl groups is 1. The topological polar surface area (TPSA) is 35.9 Å². The van der Waals surface area contributed by atoms with Crippen molar-refractivity contribution in [1.82, 2.24) is 9.80 Å². The zero-order valence-electron chi connectivity index (χ0n) is 8.85. The normalized spacial score (nSPS) is 31.7. The van der Waals surface area contributed by atoms with Gasteiger partial charge in [0, 0.05) is 32.7 Å². The minimum absolute atomic E-state index is 0.0431. The number of hydrogen-bond acceptors (Lipinski definition) is 4. The quantitative estimate of drug-likeness (QED) is 0.650. The van der Waals surface area contributed by atoms with E-state index in [0.717, 1.165) is 25.6 Å². The molecule has 0 radical (unpaired) electrons. The number of nitrogens with zero attached hydrogens (tertiary/aromatic N) is 2. The van der Waals surface area contributed by atoms with Crippen molar-refractivity contribution in [3.63, 3.8) is 0 Å². The van der Waals surface area contributed by atoms with Crippen molar-refractivity contribution >= 4 is 0 Å². The van der Waals surface area contributed by atoms with Crippen molar-refractivity contribution in [2.45, 2.75) is 6.10 Å². The summed E-state index contributed by atoms with van der Waals surface area (Å²) in [6.07, 6.45) is 0.0431. The molecule has 0 amide bonds. The van der Waals surface area contributed by atoms with Gasteiger partial charge in [-0.2, -0.15) is 0 Å². The third-order valence-electron chi connectivity index (χ3n) is 3.08. The number of rotatable bonds is 3. The number of hydrogen-bond donors (Lipinski definition) is 1. The van der Waals surface area contributed by atoms with E-state index in [1.807, 2.05) is 0 Å². The first kappa shape index (κ1) is 10.4. The molecule has 2 saturated heterocycles. The average molecular weight is 200 g/mol. The van der Waals surface area contributed by atoms with Crippen LogP contribution < -0.4 is 0 Å². The predicted molar refractivity (Wildman–Crippen MR) is 54.3 cm³/mol. The number of morpholine rings is 1. The van der Waals surface area contributed by atoms with Crippen LogP contribution in [0.4, 0.5) is 0 Å². The molecular weight excluding hydrogens is 180 g/mol. The molecule has 1 atom stereocenters. The summed E-state index contributed by atoms with van der Waals surface area (Å²) in [4.78, 5) is 4.76. The van der Waals surface area contributed by atoms with Gasteiger partial charge in [0.1, 0.15) is 0 Å². The van der Waals surface area contributed by atoms with Crippen molar-refractivity contribution in [3.05, 3.63) is 0 Å². The molecule has 1 unspecified atom stereocenters. The third-order valence-corrected chi connectivity index (χ3v) is 3.08. The molecule has 82 valence electrons. The SMILES string of the molecule is CN1CC(CN2CCOC(CO)C2)C1. The molecule has 0 aliphatic carbocycles. The van der Waals surface area contributed by atoms with Crippen molar-refractivity contribution in [2.24, 2.45) is 5.92 Å². The second-order valence-corrected chi connectivity index (χ2v) is 4.52. The van der Waals surface area contributed by atoms with E-state index >= 15 is 0 Å². The van der Waals surface area contributed by atoms with Gasteiger partial charge in [0.15, 0.2) is 0 Å². The van der Waals surface area contributed by atoms with E-state index in [0.29, 0.717) is 0 Å². The summed E-state index contributed by atoms with van der Waals surface area (Å²) in [6, 6.07) is 0. The number of ether oxygens (including phenoxy) is 1. The highest BCUT2D eigenvalue weighted by Gasteiger charge is 2.27. The maximum absolute atomic E-state index is 9.00. The first-order valence-electron chi connectivity index (χ1n) is 5.41. The first-order chi connectivity index (χ1) is 6.78. The molecule has 0 aromatic heterocycles. The maximum atomic E-state index is 9.00. The molecule has 2 aliphatic rings. The molecule has 0 aromatic carbocycles. The van der Waals surface area contributed by atoms with Gasteiger partial charge in [0.2, 0.25) is 0 Å². The van der Waals surface area contributed by atoms with Crippen molar-refractivity contribution in [2.75, 3.05) is 53.0 Å². The van der Waals surface area contributed by atoms with E-state index in [-0.39, 0.29) is 12.7 Å². The summed E-state index contributed by atoms with van der Waals surface area (Å²) >= 11 is 0.